The van der Waals surface area contributed by atoms with Crippen LogP contribution in [0.5, 0.6) is 17.2 Å². The third-order valence-electron chi connectivity index (χ3n) is 4.45. The number of hydrogen-bond acceptors (Lipinski definition) is 7. The Morgan fingerprint density at radius 1 is 0.906 bits per heavy atom. The fourth-order valence-corrected chi connectivity index (χ4v) is 3.10. The number of nitrogens with zero attached hydrogens (tertiary/aromatic N) is 2. The number of carbonyl (C=O) groups excluding carboxylic acids is 1. The second-order valence-corrected chi connectivity index (χ2v) is 7.48. The Labute approximate surface area is 187 Å². The van der Waals surface area contributed by atoms with Crippen LogP contribution in [0.15, 0.2) is 41.0 Å². The lowest BCUT2D eigenvalue weighted by Gasteiger charge is -2.13. The van der Waals surface area contributed by atoms with Crippen LogP contribution in [-0.4, -0.2) is 36.0 Å². The van der Waals surface area contributed by atoms with Crippen LogP contribution in [0.1, 0.15) is 37.8 Å². The molecule has 0 unspecified atom stereocenters. The summed E-state index contributed by atoms with van der Waals surface area (Å²) in [5, 5.41) is 10.5. The van der Waals surface area contributed by atoms with Crippen molar-refractivity contribution in [2.24, 2.45) is 0 Å². The molecule has 32 heavy (non-hydrogen) atoms. The lowest BCUT2D eigenvalue weighted by atomic mass is 10.1. The van der Waals surface area contributed by atoms with Crippen molar-refractivity contribution in [3.63, 3.8) is 0 Å². The normalized spacial score (nSPS) is 10.6. The SMILES string of the molecule is CCCOc1ccc(-c2nonc2NC(=O)COc2cc(C)cc(C)c2)cc1OCCC. The molecule has 0 fully saturated rings. The van der Waals surface area contributed by atoms with Gasteiger partial charge in [0, 0.05) is 5.56 Å². The molecule has 1 N–H and O–H groups in total. The maximum atomic E-state index is 12.4. The van der Waals surface area contributed by atoms with Crippen molar-refractivity contribution in [1.82, 2.24) is 10.3 Å². The van der Waals surface area contributed by atoms with E-state index in [1.54, 1.807) is 0 Å². The van der Waals surface area contributed by atoms with E-state index < -0.39 is 0 Å². The standard InChI is InChI=1S/C24H29N3O5/c1-5-9-29-20-8-7-18(14-21(20)30-10-6-2)23-24(27-32-26-23)25-22(28)15-31-19-12-16(3)11-17(4)13-19/h7-8,11-14H,5-6,9-10,15H2,1-4H3,(H,25,27,28). The summed E-state index contributed by atoms with van der Waals surface area (Å²) in [6, 6.07) is 11.2. The van der Waals surface area contributed by atoms with Crippen LogP contribution >= 0.6 is 0 Å². The van der Waals surface area contributed by atoms with Gasteiger partial charge in [-0.3, -0.25) is 4.79 Å². The van der Waals surface area contributed by atoms with Crippen LogP contribution in [0.4, 0.5) is 5.82 Å². The summed E-state index contributed by atoms with van der Waals surface area (Å²) < 4.78 is 22.1. The summed E-state index contributed by atoms with van der Waals surface area (Å²) in [6.45, 7) is 9.02. The number of aryl methyl sites for hydroxylation is 2. The van der Waals surface area contributed by atoms with E-state index in [0.29, 0.717) is 41.7 Å². The molecule has 8 nitrogen and oxygen atoms in total. The minimum atomic E-state index is -0.369. The molecule has 0 saturated heterocycles. The third-order valence-corrected chi connectivity index (χ3v) is 4.45. The fourth-order valence-electron chi connectivity index (χ4n) is 3.10. The summed E-state index contributed by atoms with van der Waals surface area (Å²) in [5.74, 6) is 1.75. The zero-order valence-electron chi connectivity index (χ0n) is 18.9. The van der Waals surface area contributed by atoms with Gasteiger partial charge < -0.3 is 19.5 Å². The highest BCUT2D eigenvalue weighted by Gasteiger charge is 2.18. The van der Waals surface area contributed by atoms with Crippen LogP contribution in [0.25, 0.3) is 11.3 Å². The van der Waals surface area contributed by atoms with Crippen LogP contribution in [0, 0.1) is 13.8 Å². The highest BCUT2D eigenvalue weighted by atomic mass is 16.6. The number of hydrogen-bond donors (Lipinski definition) is 1. The average molecular weight is 440 g/mol. The van der Waals surface area contributed by atoms with E-state index >= 15 is 0 Å². The summed E-state index contributed by atoms with van der Waals surface area (Å²) in [7, 11) is 0. The summed E-state index contributed by atoms with van der Waals surface area (Å²) >= 11 is 0. The quantitative estimate of drug-likeness (QED) is 0.452. The lowest BCUT2D eigenvalue weighted by molar-refractivity contribution is -0.118. The van der Waals surface area contributed by atoms with Gasteiger partial charge in [-0.15, -0.1) is 0 Å². The first kappa shape index (κ1) is 23.1. The van der Waals surface area contributed by atoms with E-state index in [0.717, 1.165) is 24.0 Å². The van der Waals surface area contributed by atoms with Crippen molar-refractivity contribution in [3.8, 4) is 28.5 Å². The maximum Gasteiger partial charge on any atom is 0.263 e. The van der Waals surface area contributed by atoms with E-state index in [9.17, 15) is 4.79 Å². The van der Waals surface area contributed by atoms with Gasteiger partial charge in [-0.2, -0.15) is 0 Å². The molecule has 0 bridgehead atoms. The van der Waals surface area contributed by atoms with E-state index in [1.807, 2.05) is 64.1 Å². The Morgan fingerprint density at radius 3 is 2.28 bits per heavy atom. The van der Waals surface area contributed by atoms with Gasteiger partial charge in [-0.1, -0.05) is 19.9 Å². The molecule has 0 aliphatic carbocycles. The molecule has 0 atom stereocenters. The van der Waals surface area contributed by atoms with E-state index in [2.05, 4.69) is 15.6 Å². The minimum Gasteiger partial charge on any atom is -0.490 e. The number of amides is 1. The molecular weight excluding hydrogens is 410 g/mol. The molecule has 170 valence electrons. The van der Waals surface area contributed by atoms with Gasteiger partial charge in [0.25, 0.3) is 5.91 Å². The molecule has 1 heterocycles. The van der Waals surface area contributed by atoms with Crippen molar-refractivity contribution < 1.29 is 23.6 Å². The van der Waals surface area contributed by atoms with Gasteiger partial charge in [0.1, 0.15) is 5.75 Å². The Balaban J connectivity index is 1.71. The smallest absolute Gasteiger partial charge is 0.263 e. The first-order valence-electron chi connectivity index (χ1n) is 10.7. The molecule has 3 aromatic rings. The summed E-state index contributed by atoms with van der Waals surface area (Å²) in [5.41, 5.74) is 3.21. The Hall–Kier alpha value is -3.55. The Morgan fingerprint density at radius 2 is 1.59 bits per heavy atom. The first-order valence-corrected chi connectivity index (χ1v) is 10.7. The predicted molar refractivity (Wildman–Crippen MR) is 121 cm³/mol. The second kappa shape index (κ2) is 11.2. The monoisotopic (exact) mass is 439 g/mol. The predicted octanol–water partition coefficient (Wildman–Crippen LogP) is 4.95. The van der Waals surface area contributed by atoms with Gasteiger partial charge in [-0.25, -0.2) is 4.63 Å². The number of benzene rings is 2. The number of rotatable bonds is 11. The fraction of sp³-hybridized carbons (Fsp3) is 0.375. The maximum absolute atomic E-state index is 12.4. The molecule has 0 saturated carbocycles. The molecule has 0 aliphatic rings. The lowest BCUT2D eigenvalue weighted by Crippen LogP contribution is -2.20. The van der Waals surface area contributed by atoms with Crippen LogP contribution in [0.2, 0.25) is 0 Å². The molecule has 3 rings (SSSR count). The van der Waals surface area contributed by atoms with E-state index in [-0.39, 0.29) is 18.3 Å². The molecule has 0 spiro atoms. The average Bonchev–Trinajstić information content (AvgIpc) is 3.22. The summed E-state index contributed by atoms with van der Waals surface area (Å²) in [6.07, 6.45) is 1.76. The van der Waals surface area contributed by atoms with Crippen molar-refractivity contribution in [3.05, 3.63) is 47.5 Å². The zero-order valence-corrected chi connectivity index (χ0v) is 18.9. The molecule has 0 radical (unpaired) electrons. The number of carbonyl (C=O) groups is 1. The van der Waals surface area contributed by atoms with Gasteiger partial charge in [0.2, 0.25) is 5.82 Å². The molecule has 8 heteroatoms. The molecular formula is C24H29N3O5. The van der Waals surface area contributed by atoms with Gasteiger partial charge in [-0.05, 0) is 78.5 Å². The van der Waals surface area contributed by atoms with Crippen LogP contribution in [-0.2, 0) is 4.79 Å². The zero-order chi connectivity index (χ0) is 22.9. The molecule has 0 aliphatic heterocycles. The number of ether oxygens (including phenoxy) is 3. The second-order valence-electron chi connectivity index (χ2n) is 7.48. The highest BCUT2D eigenvalue weighted by molar-refractivity contribution is 5.94. The van der Waals surface area contributed by atoms with Gasteiger partial charge in [0.05, 0.1) is 13.2 Å². The van der Waals surface area contributed by atoms with Crippen molar-refractivity contribution in [2.45, 2.75) is 40.5 Å². The molecule has 2 aromatic carbocycles. The Bertz CT molecular complexity index is 1030. The highest BCUT2D eigenvalue weighted by Crippen LogP contribution is 2.34. The topological polar surface area (TPSA) is 95.7 Å². The molecule has 1 amide bonds. The van der Waals surface area contributed by atoms with Gasteiger partial charge in [0.15, 0.2) is 23.8 Å². The van der Waals surface area contributed by atoms with Crippen molar-refractivity contribution in [2.75, 3.05) is 25.1 Å². The van der Waals surface area contributed by atoms with E-state index in [1.165, 1.54) is 0 Å². The first-order chi connectivity index (χ1) is 15.5. The Kier molecular flexibility index (Phi) is 8.08. The van der Waals surface area contributed by atoms with Gasteiger partial charge >= 0.3 is 0 Å². The van der Waals surface area contributed by atoms with E-state index in [4.69, 9.17) is 18.8 Å². The van der Waals surface area contributed by atoms with Crippen molar-refractivity contribution >= 4 is 11.7 Å². The van der Waals surface area contributed by atoms with Crippen LogP contribution in [0.3, 0.4) is 0 Å². The minimum absolute atomic E-state index is 0.163. The van der Waals surface area contributed by atoms with Crippen LogP contribution < -0.4 is 19.5 Å². The largest absolute Gasteiger partial charge is 0.490 e. The number of aromatic nitrogens is 2. The molecule has 1 aromatic heterocycles. The van der Waals surface area contributed by atoms with Crippen molar-refractivity contribution in [1.29, 1.82) is 0 Å². The third kappa shape index (κ3) is 6.23. The number of nitrogens with one attached hydrogen (secondary N) is 1. The summed E-state index contributed by atoms with van der Waals surface area (Å²) in [4.78, 5) is 12.4. The number of anilines is 1.